The number of phenolic OH excluding ortho intramolecular Hbond substituents is 2. The molecule has 2 aromatic rings. The Morgan fingerprint density at radius 2 is 1.49 bits per heavy atom. The second-order valence-corrected chi connectivity index (χ2v) is 12.3. The SMILES string of the molecule is COC(=O)[C@@]12Oc3c(c(O)cc(C)c3-c3ccc4c(c3O)C(O)=C3C(=O)C[C@H](C)[C@H](O)[C@]3(C(=O)OC)O4)C(O)=C1C(=O)CC[C@@H]2OC(C)=O. The summed E-state index contributed by atoms with van der Waals surface area (Å²) in [6, 6.07) is 3.68. The molecule has 0 saturated heterocycles. The molecule has 49 heavy (non-hydrogen) atoms. The van der Waals surface area contributed by atoms with Gasteiger partial charge < -0.3 is 49.2 Å². The van der Waals surface area contributed by atoms with E-state index < -0.39 is 110 Å². The van der Waals surface area contributed by atoms with Gasteiger partial charge in [0.05, 0.1) is 25.4 Å². The largest absolute Gasteiger partial charge is 0.507 e. The summed E-state index contributed by atoms with van der Waals surface area (Å²) in [4.78, 5) is 65.4. The number of aliphatic hydroxyl groups is 3. The molecule has 2 aliphatic carbocycles. The lowest BCUT2D eigenvalue weighted by molar-refractivity contribution is -0.179. The van der Waals surface area contributed by atoms with Gasteiger partial charge in [-0.05, 0) is 43.0 Å². The van der Waals surface area contributed by atoms with Gasteiger partial charge in [0.1, 0.15) is 51.7 Å². The summed E-state index contributed by atoms with van der Waals surface area (Å²) >= 11 is 0. The van der Waals surface area contributed by atoms with Gasteiger partial charge in [0.15, 0.2) is 17.7 Å². The van der Waals surface area contributed by atoms with Gasteiger partial charge in [-0.25, -0.2) is 9.59 Å². The lowest BCUT2D eigenvalue weighted by Crippen LogP contribution is -2.64. The van der Waals surface area contributed by atoms with Gasteiger partial charge in [0, 0.05) is 30.9 Å². The Hall–Kier alpha value is -5.57. The molecule has 2 heterocycles. The molecule has 2 saturated carbocycles. The third-order valence-electron chi connectivity index (χ3n) is 9.48. The zero-order chi connectivity index (χ0) is 35.9. The Kier molecular flexibility index (Phi) is 7.66. The van der Waals surface area contributed by atoms with Crippen LogP contribution in [0.3, 0.4) is 0 Å². The van der Waals surface area contributed by atoms with E-state index in [1.54, 1.807) is 0 Å². The van der Waals surface area contributed by atoms with E-state index in [0.717, 1.165) is 21.1 Å². The summed E-state index contributed by atoms with van der Waals surface area (Å²) < 4.78 is 27.5. The fourth-order valence-electron chi connectivity index (χ4n) is 7.36. The van der Waals surface area contributed by atoms with Gasteiger partial charge >= 0.3 is 17.9 Å². The number of hydrogen-bond acceptors (Lipinski definition) is 15. The number of Topliss-reactive ketones (excluding diaryl/α,β-unsaturated/α-hetero) is 2. The Morgan fingerprint density at radius 1 is 0.878 bits per heavy atom. The van der Waals surface area contributed by atoms with E-state index in [1.807, 2.05) is 0 Å². The molecule has 5 atom stereocenters. The highest BCUT2D eigenvalue weighted by atomic mass is 16.6. The molecule has 0 radical (unpaired) electrons. The van der Waals surface area contributed by atoms with Crippen molar-refractivity contribution in [1.29, 1.82) is 0 Å². The Labute approximate surface area is 277 Å². The highest BCUT2D eigenvalue weighted by molar-refractivity contribution is 6.14. The number of esters is 3. The van der Waals surface area contributed by atoms with E-state index in [-0.39, 0.29) is 41.7 Å². The molecule has 5 N–H and O–H groups in total. The standard InChI is InChI=1S/C34H32O15/c1-12-10-17(37)22-27(40)24-16(36)7-9-20(47-14(3)35)33(24,31(43)45-4)49-29(22)21(12)15-6-8-19-23(26(15)39)28(41)25-18(38)11-13(2)30(42)34(25,48-19)32(44)46-5/h6,8,10,13,20,30,37,39-42H,7,9,11H2,1-5H3/t13-,20-,30-,33-,34+/m0/s1. The van der Waals surface area contributed by atoms with Crippen LogP contribution in [0.25, 0.3) is 22.6 Å². The van der Waals surface area contributed by atoms with E-state index in [4.69, 9.17) is 23.7 Å². The number of methoxy groups -OCH3 is 2. The molecule has 6 rings (SSSR count). The van der Waals surface area contributed by atoms with E-state index in [0.29, 0.717) is 0 Å². The molecule has 0 unspecified atom stereocenters. The molecule has 0 amide bonds. The van der Waals surface area contributed by atoms with E-state index in [1.165, 1.54) is 32.0 Å². The predicted molar refractivity (Wildman–Crippen MR) is 164 cm³/mol. The fraction of sp³-hybridized carbons (Fsp3) is 0.382. The molecule has 2 aromatic carbocycles. The first-order chi connectivity index (χ1) is 23.1. The number of aliphatic hydroxyl groups excluding tert-OH is 3. The number of benzene rings is 2. The third kappa shape index (κ3) is 4.34. The Morgan fingerprint density at radius 3 is 2.12 bits per heavy atom. The summed E-state index contributed by atoms with van der Waals surface area (Å²) in [6.45, 7) is 4.07. The minimum Gasteiger partial charge on any atom is -0.507 e. The zero-order valence-electron chi connectivity index (χ0n) is 26.9. The van der Waals surface area contributed by atoms with Crippen LogP contribution in [-0.4, -0.2) is 92.6 Å². The van der Waals surface area contributed by atoms with E-state index in [2.05, 4.69) is 0 Å². The van der Waals surface area contributed by atoms with Gasteiger partial charge in [-0.2, -0.15) is 0 Å². The number of carbonyl (C=O) groups is 5. The van der Waals surface area contributed by atoms with Crippen LogP contribution in [0.15, 0.2) is 29.3 Å². The van der Waals surface area contributed by atoms with Crippen LogP contribution < -0.4 is 9.47 Å². The summed E-state index contributed by atoms with van der Waals surface area (Å²) in [7, 11) is 2.01. The third-order valence-corrected chi connectivity index (χ3v) is 9.48. The van der Waals surface area contributed by atoms with Crippen LogP contribution in [0, 0.1) is 12.8 Å². The second kappa shape index (κ2) is 11.3. The Bertz CT molecular complexity index is 1950. The fourth-order valence-corrected chi connectivity index (χ4v) is 7.36. The number of aromatic hydroxyl groups is 2. The van der Waals surface area contributed by atoms with Crippen molar-refractivity contribution in [3.05, 3.63) is 46.0 Å². The van der Waals surface area contributed by atoms with Crippen molar-refractivity contribution in [3.8, 4) is 34.1 Å². The number of fused-ring (bicyclic) bond motifs is 4. The molecule has 15 heteroatoms. The lowest BCUT2D eigenvalue weighted by atomic mass is 9.69. The average Bonchev–Trinajstić information content (AvgIpc) is 3.04. The molecular formula is C34H32O15. The van der Waals surface area contributed by atoms with Crippen molar-refractivity contribution in [3.63, 3.8) is 0 Å². The van der Waals surface area contributed by atoms with Crippen molar-refractivity contribution in [2.75, 3.05) is 14.2 Å². The summed E-state index contributed by atoms with van der Waals surface area (Å²) in [5.74, 6) is -9.29. The maximum absolute atomic E-state index is 13.6. The highest BCUT2D eigenvalue weighted by Crippen LogP contribution is 2.57. The normalized spacial score (nSPS) is 27.1. The number of rotatable bonds is 4. The van der Waals surface area contributed by atoms with Gasteiger partial charge in [-0.3, -0.25) is 14.4 Å². The van der Waals surface area contributed by atoms with Crippen LogP contribution in [0.2, 0.25) is 0 Å². The van der Waals surface area contributed by atoms with Crippen molar-refractivity contribution >= 4 is 41.0 Å². The first-order valence-corrected chi connectivity index (χ1v) is 15.2. The highest BCUT2D eigenvalue weighted by Gasteiger charge is 2.64. The number of aryl methyl sites for hydroxylation is 1. The summed E-state index contributed by atoms with van der Waals surface area (Å²) in [5, 5.41) is 57.1. The van der Waals surface area contributed by atoms with Crippen molar-refractivity contribution in [1.82, 2.24) is 0 Å². The van der Waals surface area contributed by atoms with Crippen LogP contribution in [0.4, 0.5) is 0 Å². The molecule has 2 fully saturated rings. The van der Waals surface area contributed by atoms with Gasteiger partial charge in [-0.1, -0.05) is 6.92 Å². The smallest absolute Gasteiger partial charge is 0.359 e. The first kappa shape index (κ1) is 33.3. The monoisotopic (exact) mass is 680 g/mol. The summed E-state index contributed by atoms with van der Waals surface area (Å²) in [6.07, 6.45) is -3.84. The van der Waals surface area contributed by atoms with Crippen LogP contribution in [0.5, 0.6) is 23.0 Å². The number of phenols is 2. The molecule has 0 spiro atoms. The number of carbonyl (C=O) groups excluding carboxylic acids is 5. The molecule has 15 nitrogen and oxygen atoms in total. The minimum atomic E-state index is -2.54. The number of ketones is 2. The van der Waals surface area contributed by atoms with Crippen LogP contribution in [0.1, 0.15) is 49.8 Å². The van der Waals surface area contributed by atoms with Crippen molar-refractivity contribution in [2.24, 2.45) is 5.92 Å². The zero-order valence-corrected chi connectivity index (χ0v) is 26.9. The first-order valence-electron chi connectivity index (χ1n) is 15.2. The molecule has 258 valence electrons. The number of ether oxygens (including phenoxy) is 5. The topological polar surface area (TPSA) is 233 Å². The molecular weight excluding hydrogens is 648 g/mol. The molecule has 0 aromatic heterocycles. The second-order valence-electron chi connectivity index (χ2n) is 12.3. The lowest BCUT2D eigenvalue weighted by Gasteiger charge is -2.45. The number of hydrogen-bond donors (Lipinski definition) is 5. The van der Waals surface area contributed by atoms with Crippen molar-refractivity contribution in [2.45, 2.75) is 63.4 Å². The summed E-state index contributed by atoms with van der Waals surface area (Å²) in [5.41, 5.74) is -7.18. The van der Waals surface area contributed by atoms with E-state index in [9.17, 15) is 49.5 Å². The van der Waals surface area contributed by atoms with Crippen molar-refractivity contribution < 1.29 is 73.2 Å². The van der Waals surface area contributed by atoms with E-state index >= 15 is 0 Å². The van der Waals surface area contributed by atoms with Crippen LogP contribution >= 0.6 is 0 Å². The maximum atomic E-state index is 13.6. The minimum absolute atomic E-state index is 0.0761. The average molecular weight is 681 g/mol. The van der Waals surface area contributed by atoms with Gasteiger partial charge in [0.2, 0.25) is 0 Å². The molecule has 2 aliphatic heterocycles. The van der Waals surface area contributed by atoms with Gasteiger partial charge in [0.25, 0.3) is 11.2 Å². The maximum Gasteiger partial charge on any atom is 0.359 e. The molecule has 4 aliphatic rings. The molecule has 0 bridgehead atoms. The van der Waals surface area contributed by atoms with Crippen LogP contribution in [-0.2, 0) is 38.2 Å². The predicted octanol–water partition coefficient (Wildman–Crippen LogP) is 2.48. The van der Waals surface area contributed by atoms with Gasteiger partial charge in [-0.15, -0.1) is 0 Å². The quantitative estimate of drug-likeness (QED) is 0.231. The Balaban J connectivity index is 1.64.